The predicted octanol–water partition coefficient (Wildman–Crippen LogP) is 1.53. The monoisotopic (exact) mass is 267 g/mol. The van der Waals surface area contributed by atoms with Crippen molar-refractivity contribution in [2.45, 2.75) is 18.9 Å². The maximum atomic E-state index is 12.0. The number of sulfonamides is 1. The number of aryl methyl sites for hydroxylation is 2. The first kappa shape index (κ1) is 12.4. The zero-order chi connectivity index (χ0) is 13.3. The minimum absolute atomic E-state index is 0.0408. The van der Waals surface area contributed by atoms with Crippen LogP contribution in [0.1, 0.15) is 11.4 Å². The maximum absolute atomic E-state index is 12.0. The lowest BCUT2D eigenvalue weighted by molar-refractivity contribution is 0.477. The molecule has 96 valence electrons. The summed E-state index contributed by atoms with van der Waals surface area (Å²) in [5.41, 5.74) is 0.980. The Hall–Kier alpha value is -2.02. The number of phenols is 1. The summed E-state index contributed by atoms with van der Waals surface area (Å²) in [4.78, 5) is 6.45. The van der Waals surface area contributed by atoms with Gasteiger partial charge in [-0.3, -0.25) is 4.72 Å². The Morgan fingerprint density at radius 2 is 2.06 bits per heavy atom. The number of anilines is 1. The summed E-state index contributed by atoms with van der Waals surface area (Å²) < 4.78 is 26.3. The van der Waals surface area contributed by atoms with Crippen LogP contribution >= 0.6 is 0 Å². The van der Waals surface area contributed by atoms with E-state index >= 15 is 0 Å². The second kappa shape index (κ2) is 4.34. The third-order valence-corrected chi connectivity index (χ3v) is 3.64. The van der Waals surface area contributed by atoms with E-state index in [2.05, 4.69) is 14.7 Å². The number of benzene rings is 1. The van der Waals surface area contributed by atoms with Gasteiger partial charge in [-0.2, -0.15) is 8.42 Å². The third kappa shape index (κ3) is 2.45. The zero-order valence-electron chi connectivity index (χ0n) is 9.93. The highest BCUT2D eigenvalue weighted by atomic mass is 32.2. The standard InChI is InChI=1S/C11H13N3O3S/c1-7-3-4-10(15)9(5-7)14-18(16,17)11-6-12-8(2)13-11/h3-6,14-15H,1-2H3,(H,12,13). The fourth-order valence-corrected chi connectivity index (χ4v) is 2.50. The third-order valence-electron chi connectivity index (χ3n) is 2.37. The molecule has 0 radical (unpaired) electrons. The smallest absolute Gasteiger partial charge is 0.279 e. The van der Waals surface area contributed by atoms with E-state index < -0.39 is 10.0 Å². The fraction of sp³-hybridized carbons (Fsp3) is 0.182. The summed E-state index contributed by atoms with van der Waals surface area (Å²) in [6.07, 6.45) is 1.23. The topological polar surface area (TPSA) is 95.1 Å². The average molecular weight is 267 g/mol. The number of H-pyrrole nitrogens is 1. The molecule has 6 nitrogen and oxygen atoms in total. The van der Waals surface area contributed by atoms with Crippen molar-refractivity contribution >= 4 is 15.7 Å². The first-order chi connectivity index (χ1) is 8.38. The van der Waals surface area contributed by atoms with Crippen molar-refractivity contribution in [2.75, 3.05) is 4.72 Å². The van der Waals surface area contributed by atoms with Gasteiger partial charge < -0.3 is 10.1 Å². The van der Waals surface area contributed by atoms with E-state index in [1.807, 2.05) is 0 Å². The van der Waals surface area contributed by atoms with Gasteiger partial charge in [0.2, 0.25) is 0 Å². The molecule has 0 aliphatic heterocycles. The molecule has 0 unspecified atom stereocenters. The summed E-state index contributed by atoms with van der Waals surface area (Å²) in [6, 6.07) is 4.68. The van der Waals surface area contributed by atoms with Crippen LogP contribution in [0.5, 0.6) is 5.75 Å². The van der Waals surface area contributed by atoms with Gasteiger partial charge in [-0.15, -0.1) is 0 Å². The Morgan fingerprint density at radius 3 is 2.67 bits per heavy atom. The van der Waals surface area contributed by atoms with Gasteiger partial charge in [-0.1, -0.05) is 6.07 Å². The number of aromatic hydroxyl groups is 1. The first-order valence-corrected chi connectivity index (χ1v) is 6.71. The molecule has 0 fully saturated rings. The quantitative estimate of drug-likeness (QED) is 0.735. The van der Waals surface area contributed by atoms with Crippen molar-refractivity contribution < 1.29 is 13.5 Å². The van der Waals surface area contributed by atoms with E-state index in [0.717, 1.165) is 5.56 Å². The molecule has 1 heterocycles. The van der Waals surface area contributed by atoms with Gasteiger partial charge in [0, 0.05) is 0 Å². The van der Waals surface area contributed by atoms with Crippen LogP contribution in [-0.4, -0.2) is 23.5 Å². The molecule has 1 aromatic carbocycles. The average Bonchev–Trinajstić information content (AvgIpc) is 2.71. The molecule has 2 aromatic rings. The van der Waals surface area contributed by atoms with Crippen molar-refractivity contribution in [1.82, 2.24) is 9.97 Å². The Bertz CT molecular complexity index is 677. The number of imidazole rings is 1. The van der Waals surface area contributed by atoms with Gasteiger partial charge in [0.05, 0.1) is 11.9 Å². The Balaban J connectivity index is 2.36. The number of aromatic amines is 1. The summed E-state index contributed by atoms with van der Waals surface area (Å²) >= 11 is 0. The molecular weight excluding hydrogens is 254 g/mol. The Kier molecular flexibility index (Phi) is 3.00. The Labute approximate surface area is 105 Å². The normalized spacial score (nSPS) is 11.4. The highest BCUT2D eigenvalue weighted by Gasteiger charge is 2.18. The van der Waals surface area contributed by atoms with Gasteiger partial charge in [0.25, 0.3) is 10.0 Å². The van der Waals surface area contributed by atoms with Gasteiger partial charge >= 0.3 is 0 Å². The molecule has 0 bridgehead atoms. The molecule has 0 aliphatic rings. The van der Waals surface area contributed by atoms with Crippen LogP contribution in [0.3, 0.4) is 0 Å². The first-order valence-electron chi connectivity index (χ1n) is 5.22. The molecule has 0 saturated heterocycles. The summed E-state index contributed by atoms with van der Waals surface area (Å²) in [5, 5.41) is 9.56. The van der Waals surface area contributed by atoms with Gasteiger partial charge in [-0.05, 0) is 31.5 Å². The Morgan fingerprint density at radius 1 is 1.33 bits per heavy atom. The van der Waals surface area contributed by atoms with Gasteiger partial charge in [0.1, 0.15) is 11.6 Å². The largest absolute Gasteiger partial charge is 0.506 e. The molecule has 3 N–H and O–H groups in total. The van der Waals surface area contributed by atoms with E-state index in [9.17, 15) is 13.5 Å². The van der Waals surface area contributed by atoms with Crippen LogP contribution in [0.15, 0.2) is 29.4 Å². The number of hydrogen-bond acceptors (Lipinski definition) is 4. The lowest BCUT2D eigenvalue weighted by Crippen LogP contribution is -2.13. The van der Waals surface area contributed by atoms with Crippen molar-refractivity contribution in [2.24, 2.45) is 0 Å². The van der Waals surface area contributed by atoms with Crippen molar-refractivity contribution in [3.8, 4) is 5.75 Å². The number of hydrogen-bond donors (Lipinski definition) is 3. The highest BCUT2D eigenvalue weighted by Crippen LogP contribution is 2.26. The van der Waals surface area contributed by atoms with Crippen molar-refractivity contribution in [3.63, 3.8) is 0 Å². The molecule has 0 amide bonds. The van der Waals surface area contributed by atoms with Gasteiger partial charge in [-0.25, -0.2) is 4.98 Å². The van der Waals surface area contributed by atoms with Crippen molar-refractivity contribution in [3.05, 3.63) is 35.8 Å². The minimum Gasteiger partial charge on any atom is -0.506 e. The predicted molar refractivity (Wildman–Crippen MR) is 67.0 cm³/mol. The number of nitrogens with zero attached hydrogens (tertiary/aromatic N) is 1. The number of phenolic OH excluding ortho intramolecular Hbond substituents is 1. The minimum atomic E-state index is -3.76. The van der Waals surface area contributed by atoms with Crippen LogP contribution in [-0.2, 0) is 10.0 Å². The second-order valence-corrected chi connectivity index (χ2v) is 5.61. The molecule has 1 aromatic heterocycles. The lowest BCUT2D eigenvalue weighted by Gasteiger charge is -2.08. The van der Waals surface area contributed by atoms with Crippen LogP contribution < -0.4 is 4.72 Å². The van der Waals surface area contributed by atoms with E-state index in [-0.39, 0.29) is 16.5 Å². The number of nitrogens with one attached hydrogen (secondary N) is 2. The molecule has 18 heavy (non-hydrogen) atoms. The van der Waals surface area contributed by atoms with Crippen molar-refractivity contribution in [1.29, 1.82) is 0 Å². The summed E-state index contributed by atoms with van der Waals surface area (Å²) in [5.74, 6) is 0.379. The number of aromatic nitrogens is 2. The van der Waals surface area contributed by atoms with Gasteiger partial charge in [0.15, 0.2) is 5.03 Å². The second-order valence-electron chi connectivity index (χ2n) is 3.96. The zero-order valence-corrected chi connectivity index (χ0v) is 10.7. The van der Waals surface area contributed by atoms with Crippen LogP contribution in [0.25, 0.3) is 0 Å². The molecule has 0 atom stereocenters. The van der Waals surface area contributed by atoms with E-state index in [0.29, 0.717) is 5.82 Å². The SMILES string of the molecule is Cc1ccc(O)c(NS(=O)(=O)c2cnc(C)[nH]2)c1. The number of rotatable bonds is 3. The fourth-order valence-electron chi connectivity index (χ4n) is 1.47. The molecule has 2 rings (SSSR count). The van der Waals surface area contributed by atoms with E-state index in [1.165, 1.54) is 12.3 Å². The van der Waals surface area contributed by atoms with Crippen LogP contribution in [0.2, 0.25) is 0 Å². The lowest BCUT2D eigenvalue weighted by atomic mass is 10.2. The summed E-state index contributed by atoms with van der Waals surface area (Å²) in [6.45, 7) is 3.46. The summed E-state index contributed by atoms with van der Waals surface area (Å²) in [7, 11) is -3.76. The molecule has 7 heteroatoms. The molecule has 0 aliphatic carbocycles. The molecular formula is C11H13N3O3S. The highest BCUT2D eigenvalue weighted by molar-refractivity contribution is 7.92. The molecule has 0 spiro atoms. The van der Waals surface area contributed by atoms with Crippen LogP contribution in [0, 0.1) is 13.8 Å². The van der Waals surface area contributed by atoms with Crippen LogP contribution in [0.4, 0.5) is 5.69 Å². The van der Waals surface area contributed by atoms with E-state index in [1.54, 1.807) is 26.0 Å². The maximum Gasteiger partial charge on any atom is 0.279 e. The molecule has 0 saturated carbocycles. The van der Waals surface area contributed by atoms with E-state index in [4.69, 9.17) is 0 Å².